The monoisotopic (exact) mass is 305 g/mol. The third kappa shape index (κ3) is 2.93. The zero-order valence-electron chi connectivity index (χ0n) is 12.5. The summed E-state index contributed by atoms with van der Waals surface area (Å²) < 4.78 is 6.76. The second-order valence-electron chi connectivity index (χ2n) is 5.01. The molecule has 0 aromatic carbocycles. The van der Waals surface area contributed by atoms with Gasteiger partial charge in [0.2, 0.25) is 0 Å². The summed E-state index contributed by atoms with van der Waals surface area (Å²) in [5.41, 5.74) is 0.740. The summed E-state index contributed by atoms with van der Waals surface area (Å²) in [5, 5.41) is 3.82. The lowest BCUT2D eigenvalue weighted by molar-refractivity contribution is -0.149. The molecule has 0 spiro atoms. The molecule has 1 atom stereocenters. The second-order valence-corrected chi connectivity index (χ2v) is 5.79. The Balaban J connectivity index is 2.51. The molecule has 21 heavy (non-hydrogen) atoms. The van der Waals surface area contributed by atoms with Crippen LogP contribution in [0, 0.1) is 0 Å². The van der Waals surface area contributed by atoms with E-state index in [9.17, 15) is 9.59 Å². The molecule has 2 rings (SSSR count). The first-order chi connectivity index (χ1) is 10.0. The number of hydrogen-bond donors (Lipinski definition) is 0. The molecule has 0 fully saturated rings. The molecule has 1 unspecified atom stereocenters. The smallest absolute Gasteiger partial charge is 0.316 e. The van der Waals surface area contributed by atoms with Crippen LogP contribution in [-0.4, -0.2) is 17.1 Å². The number of ether oxygens (including phenoxy) is 1. The SMILES string of the molecule is CCOC(=O)C(C)(CC)c1ccc(=O)n(-c2ccsc2)c1. The molecule has 0 aliphatic rings. The highest BCUT2D eigenvalue weighted by Crippen LogP contribution is 2.29. The van der Waals surface area contributed by atoms with Gasteiger partial charge in [0.1, 0.15) is 0 Å². The molecule has 4 nitrogen and oxygen atoms in total. The van der Waals surface area contributed by atoms with Crippen LogP contribution in [0.1, 0.15) is 32.8 Å². The van der Waals surface area contributed by atoms with Crippen LogP contribution >= 0.6 is 11.3 Å². The number of thiophene rings is 1. The van der Waals surface area contributed by atoms with Crippen molar-refractivity contribution in [2.75, 3.05) is 6.61 Å². The van der Waals surface area contributed by atoms with Gasteiger partial charge in [0.25, 0.3) is 5.56 Å². The van der Waals surface area contributed by atoms with E-state index in [2.05, 4.69) is 0 Å². The summed E-state index contributed by atoms with van der Waals surface area (Å²) in [6, 6.07) is 5.09. The molecule has 2 heterocycles. The van der Waals surface area contributed by atoms with E-state index < -0.39 is 5.41 Å². The van der Waals surface area contributed by atoms with Crippen molar-refractivity contribution in [3.05, 3.63) is 51.1 Å². The van der Waals surface area contributed by atoms with Crippen LogP contribution in [0.4, 0.5) is 0 Å². The molecule has 2 aromatic rings. The average Bonchev–Trinajstić information content (AvgIpc) is 3.01. The molecule has 0 aliphatic heterocycles. The Morgan fingerprint density at radius 2 is 2.10 bits per heavy atom. The lowest BCUT2D eigenvalue weighted by atomic mass is 9.81. The van der Waals surface area contributed by atoms with Gasteiger partial charge in [-0.2, -0.15) is 11.3 Å². The third-order valence-corrected chi connectivity index (χ3v) is 4.44. The standard InChI is InChI=1S/C16H19NO3S/c1-4-16(3,15(19)20-5-2)12-6-7-14(18)17(10-12)13-8-9-21-11-13/h6-11H,4-5H2,1-3H3. The Labute approximate surface area is 128 Å². The fraction of sp³-hybridized carbons (Fsp3) is 0.375. The predicted molar refractivity (Wildman–Crippen MR) is 84.2 cm³/mol. The maximum atomic E-state index is 12.3. The summed E-state index contributed by atoms with van der Waals surface area (Å²) in [4.78, 5) is 24.3. The van der Waals surface area contributed by atoms with Crippen LogP contribution in [0.5, 0.6) is 0 Å². The number of carbonyl (C=O) groups is 1. The van der Waals surface area contributed by atoms with Crippen molar-refractivity contribution in [1.82, 2.24) is 4.57 Å². The van der Waals surface area contributed by atoms with E-state index in [-0.39, 0.29) is 11.5 Å². The van der Waals surface area contributed by atoms with Gasteiger partial charge in [-0.1, -0.05) is 13.0 Å². The summed E-state index contributed by atoms with van der Waals surface area (Å²) in [7, 11) is 0. The quantitative estimate of drug-likeness (QED) is 0.797. The number of nitrogens with zero attached hydrogens (tertiary/aromatic N) is 1. The van der Waals surface area contributed by atoms with Crippen LogP contribution in [0.25, 0.3) is 5.69 Å². The van der Waals surface area contributed by atoms with Crippen molar-refractivity contribution in [1.29, 1.82) is 0 Å². The second kappa shape index (κ2) is 6.26. The Kier molecular flexibility index (Phi) is 4.63. The fourth-order valence-electron chi connectivity index (χ4n) is 2.17. The van der Waals surface area contributed by atoms with Crippen molar-refractivity contribution < 1.29 is 9.53 Å². The molecule has 0 aliphatic carbocycles. The Hall–Kier alpha value is -1.88. The van der Waals surface area contributed by atoms with E-state index in [0.29, 0.717) is 13.0 Å². The zero-order chi connectivity index (χ0) is 15.5. The Morgan fingerprint density at radius 1 is 1.33 bits per heavy atom. The van der Waals surface area contributed by atoms with E-state index in [1.807, 2.05) is 30.7 Å². The van der Waals surface area contributed by atoms with Crippen LogP contribution in [-0.2, 0) is 14.9 Å². The third-order valence-electron chi connectivity index (χ3n) is 3.77. The highest BCUT2D eigenvalue weighted by Gasteiger charge is 2.35. The average molecular weight is 305 g/mol. The van der Waals surface area contributed by atoms with Gasteiger partial charge in [0.05, 0.1) is 17.7 Å². The number of aromatic nitrogens is 1. The summed E-state index contributed by atoms with van der Waals surface area (Å²) >= 11 is 1.53. The number of rotatable bonds is 5. The molecule has 5 heteroatoms. The van der Waals surface area contributed by atoms with Gasteiger partial charge in [0.15, 0.2) is 0 Å². The summed E-state index contributed by atoms with van der Waals surface area (Å²) in [6.45, 7) is 5.93. The Bertz CT molecular complexity index is 675. The number of carbonyl (C=O) groups excluding carboxylic acids is 1. The van der Waals surface area contributed by atoms with Crippen molar-refractivity contribution >= 4 is 17.3 Å². The van der Waals surface area contributed by atoms with Crippen LogP contribution in [0.15, 0.2) is 40.0 Å². The van der Waals surface area contributed by atoms with E-state index in [4.69, 9.17) is 4.74 Å². The van der Waals surface area contributed by atoms with Crippen molar-refractivity contribution in [3.63, 3.8) is 0 Å². The minimum atomic E-state index is -0.749. The molecule has 112 valence electrons. The summed E-state index contributed by atoms with van der Waals surface area (Å²) in [5.74, 6) is -0.261. The molecule has 0 radical (unpaired) electrons. The topological polar surface area (TPSA) is 48.3 Å². The highest BCUT2D eigenvalue weighted by molar-refractivity contribution is 7.08. The summed E-state index contributed by atoms with van der Waals surface area (Å²) in [6.07, 6.45) is 2.35. The first-order valence-electron chi connectivity index (χ1n) is 6.96. The lowest BCUT2D eigenvalue weighted by Gasteiger charge is -2.26. The maximum Gasteiger partial charge on any atom is 0.316 e. The van der Waals surface area contributed by atoms with E-state index >= 15 is 0 Å². The van der Waals surface area contributed by atoms with Crippen molar-refractivity contribution in [3.8, 4) is 5.69 Å². The molecule has 0 saturated heterocycles. The van der Waals surface area contributed by atoms with Gasteiger partial charge < -0.3 is 4.74 Å². The van der Waals surface area contributed by atoms with Crippen molar-refractivity contribution in [2.45, 2.75) is 32.6 Å². The number of hydrogen-bond acceptors (Lipinski definition) is 4. The van der Waals surface area contributed by atoms with Gasteiger partial charge in [-0.3, -0.25) is 14.2 Å². The molecular formula is C16H19NO3S. The Morgan fingerprint density at radius 3 is 2.67 bits per heavy atom. The van der Waals surface area contributed by atoms with Gasteiger partial charge in [-0.15, -0.1) is 0 Å². The lowest BCUT2D eigenvalue weighted by Crippen LogP contribution is -2.35. The molecular weight excluding hydrogens is 286 g/mol. The largest absolute Gasteiger partial charge is 0.465 e. The number of esters is 1. The molecule has 0 bridgehead atoms. The first-order valence-corrected chi connectivity index (χ1v) is 7.90. The molecule has 0 saturated carbocycles. The van der Waals surface area contributed by atoms with Crippen LogP contribution < -0.4 is 5.56 Å². The molecule has 0 amide bonds. The minimum absolute atomic E-state index is 0.112. The molecule has 0 N–H and O–H groups in total. The van der Waals surface area contributed by atoms with Gasteiger partial charge in [-0.25, -0.2) is 0 Å². The highest BCUT2D eigenvalue weighted by atomic mass is 32.1. The maximum absolute atomic E-state index is 12.3. The first kappa shape index (κ1) is 15.5. The van der Waals surface area contributed by atoms with Crippen LogP contribution in [0.2, 0.25) is 0 Å². The van der Waals surface area contributed by atoms with E-state index in [0.717, 1.165) is 11.3 Å². The van der Waals surface area contributed by atoms with Gasteiger partial charge in [0, 0.05) is 17.6 Å². The van der Waals surface area contributed by atoms with Crippen LogP contribution in [0.3, 0.4) is 0 Å². The minimum Gasteiger partial charge on any atom is -0.465 e. The van der Waals surface area contributed by atoms with E-state index in [1.165, 1.54) is 17.4 Å². The molecule has 2 aromatic heterocycles. The normalized spacial score (nSPS) is 13.7. The van der Waals surface area contributed by atoms with E-state index in [1.54, 1.807) is 23.8 Å². The zero-order valence-corrected chi connectivity index (χ0v) is 13.3. The van der Waals surface area contributed by atoms with Gasteiger partial charge in [-0.05, 0) is 37.3 Å². The fourth-order valence-corrected chi connectivity index (χ4v) is 2.79. The van der Waals surface area contributed by atoms with Crippen molar-refractivity contribution in [2.24, 2.45) is 0 Å². The predicted octanol–water partition coefficient (Wildman–Crippen LogP) is 3.13. The van der Waals surface area contributed by atoms with Gasteiger partial charge >= 0.3 is 5.97 Å². The number of pyridine rings is 1.